The average molecular weight is 363 g/mol. The minimum absolute atomic E-state index is 0.241. The zero-order valence-corrected chi connectivity index (χ0v) is 15.0. The van der Waals surface area contributed by atoms with Crippen molar-refractivity contribution in [2.24, 2.45) is 0 Å². The van der Waals surface area contributed by atoms with Gasteiger partial charge in [-0.05, 0) is 17.0 Å². The minimum atomic E-state index is -3.76. The number of sulfone groups is 1. The van der Waals surface area contributed by atoms with Crippen LogP contribution in [0.3, 0.4) is 0 Å². The fourth-order valence-corrected chi connectivity index (χ4v) is 5.21. The molecule has 1 aliphatic rings. The summed E-state index contributed by atoms with van der Waals surface area (Å²) in [5.41, 5.74) is 2.05. The molecule has 0 aromatic heterocycles. The van der Waals surface area contributed by atoms with Gasteiger partial charge < -0.3 is 5.32 Å². The first-order chi connectivity index (χ1) is 12.5. The van der Waals surface area contributed by atoms with Gasteiger partial charge >= 0.3 is 0 Å². The maximum atomic E-state index is 13.5. The van der Waals surface area contributed by atoms with Crippen LogP contribution in [0.4, 0.5) is 0 Å². The number of fused-ring (bicyclic) bond motifs is 2. The number of hydrogen-bond donors (Lipinski definition) is 1. The molecule has 4 rings (SSSR count). The summed E-state index contributed by atoms with van der Waals surface area (Å²) in [5.74, 6) is -0.290. The van der Waals surface area contributed by atoms with E-state index in [0.717, 1.165) is 16.5 Å². The first kappa shape index (κ1) is 16.5. The summed E-state index contributed by atoms with van der Waals surface area (Å²) < 4.78 is 27.0. The van der Waals surface area contributed by atoms with Crippen LogP contribution >= 0.6 is 0 Å². The number of rotatable bonds is 3. The third-order valence-electron chi connectivity index (χ3n) is 4.58. The van der Waals surface area contributed by atoms with E-state index in [4.69, 9.17) is 0 Å². The summed E-state index contributed by atoms with van der Waals surface area (Å²) in [7, 11) is -3.76. The van der Waals surface area contributed by atoms with E-state index in [0.29, 0.717) is 11.1 Å². The number of carbonyl (C=O) groups excluding carboxylic acids is 1. The molecule has 0 unspecified atom stereocenters. The first-order valence-electron chi connectivity index (χ1n) is 8.30. The average Bonchev–Trinajstić information content (AvgIpc) is 3.00. The van der Waals surface area contributed by atoms with Gasteiger partial charge in [0.2, 0.25) is 15.7 Å². The molecule has 3 aromatic carbocycles. The van der Waals surface area contributed by atoms with Crippen molar-refractivity contribution >= 4 is 32.2 Å². The van der Waals surface area contributed by atoms with E-state index in [1.807, 2.05) is 54.6 Å². The molecule has 0 heterocycles. The van der Waals surface area contributed by atoms with E-state index < -0.39 is 9.84 Å². The monoisotopic (exact) mass is 363 g/mol. The van der Waals surface area contributed by atoms with Gasteiger partial charge in [0.15, 0.2) is 0 Å². The summed E-state index contributed by atoms with van der Waals surface area (Å²) in [5, 5.41) is 4.28. The number of benzene rings is 3. The Kier molecular flexibility index (Phi) is 3.89. The summed E-state index contributed by atoms with van der Waals surface area (Å²) in [6, 6.07) is 20.1. The number of amides is 1. The van der Waals surface area contributed by atoms with Crippen LogP contribution in [0, 0.1) is 0 Å². The summed E-state index contributed by atoms with van der Waals surface area (Å²) >= 11 is 0. The Bertz CT molecular complexity index is 1170. The van der Waals surface area contributed by atoms with Gasteiger partial charge in [-0.25, -0.2) is 8.42 Å². The molecule has 0 aliphatic heterocycles. The normalized spacial score (nSPS) is 13.7. The topological polar surface area (TPSA) is 63.2 Å². The Labute approximate surface area is 152 Å². The smallest absolute Gasteiger partial charge is 0.221 e. The summed E-state index contributed by atoms with van der Waals surface area (Å²) in [6.45, 7) is 1.39. The molecule has 1 N–H and O–H groups in total. The fourth-order valence-electron chi connectivity index (χ4n) is 3.44. The lowest BCUT2D eigenvalue weighted by Crippen LogP contribution is -2.20. The van der Waals surface area contributed by atoms with Crippen LogP contribution in [0.25, 0.3) is 16.5 Å². The second kappa shape index (κ2) is 6.11. The van der Waals surface area contributed by atoms with Crippen LogP contribution in [0.2, 0.25) is 0 Å². The molecule has 4 nitrogen and oxygen atoms in total. The number of allylic oxidation sites excluding steroid dienone is 1. The predicted molar refractivity (Wildman–Crippen MR) is 102 cm³/mol. The zero-order chi connectivity index (χ0) is 18.3. The van der Waals surface area contributed by atoms with Gasteiger partial charge in [-0.3, -0.25) is 4.79 Å². The van der Waals surface area contributed by atoms with Crippen molar-refractivity contribution in [3.8, 4) is 0 Å². The van der Waals surface area contributed by atoms with E-state index in [2.05, 4.69) is 5.32 Å². The van der Waals surface area contributed by atoms with Gasteiger partial charge in [0.1, 0.15) is 0 Å². The Balaban J connectivity index is 1.96. The minimum Gasteiger partial charge on any atom is -0.325 e. The van der Waals surface area contributed by atoms with Crippen LogP contribution in [0.5, 0.6) is 0 Å². The molecule has 26 heavy (non-hydrogen) atoms. The molecule has 0 spiro atoms. The Morgan fingerprint density at radius 1 is 0.923 bits per heavy atom. The number of carbonyl (C=O) groups is 1. The molecule has 1 aliphatic carbocycles. The maximum absolute atomic E-state index is 13.5. The highest BCUT2D eigenvalue weighted by atomic mass is 32.2. The summed E-state index contributed by atoms with van der Waals surface area (Å²) in [4.78, 5) is 12.2. The standard InChI is InChI=1S/C21H17NO3S/c1-14(23)22-21-18-11-5-3-8-16(18)13-20(21)26(24,25)19-12-6-9-15-7-2-4-10-17(15)19/h2-12H,13H2,1H3,(H,22,23). The van der Waals surface area contributed by atoms with E-state index in [9.17, 15) is 13.2 Å². The largest absolute Gasteiger partial charge is 0.325 e. The van der Waals surface area contributed by atoms with Crippen LogP contribution in [-0.4, -0.2) is 14.3 Å². The van der Waals surface area contributed by atoms with Gasteiger partial charge in [-0.1, -0.05) is 60.7 Å². The van der Waals surface area contributed by atoms with Gasteiger partial charge in [-0.2, -0.15) is 0 Å². The van der Waals surface area contributed by atoms with Crippen molar-refractivity contribution < 1.29 is 13.2 Å². The molecule has 0 radical (unpaired) electrons. The van der Waals surface area contributed by atoms with E-state index in [-0.39, 0.29) is 22.1 Å². The van der Waals surface area contributed by atoms with Crippen LogP contribution < -0.4 is 5.32 Å². The number of hydrogen-bond acceptors (Lipinski definition) is 3. The predicted octanol–water partition coefficient (Wildman–Crippen LogP) is 3.67. The van der Waals surface area contributed by atoms with Crippen molar-refractivity contribution in [3.63, 3.8) is 0 Å². The van der Waals surface area contributed by atoms with Crippen molar-refractivity contribution in [3.05, 3.63) is 82.8 Å². The molecule has 1 amide bonds. The quantitative estimate of drug-likeness (QED) is 0.772. The van der Waals surface area contributed by atoms with Crippen LogP contribution in [0.1, 0.15) is 18.1 Å². The molecule has 0 fully saturated rings. The molecule has 0 saturated carbocycles. The highest BCUT2D eigenvalue weighted by Crippen LogP contribution is 2.38. The number of nitrogens with one attached hydrogen (secondary N) is 1. The second-order valence-corrected chi connectivity index (χ2v) is 8.23. The van der Waals surface area contributed by atoms with Gasteiger partial charge in [0, 0.05) is 24.3 Å². The SMILES string of the molecule is CC(=O)NC1=C(S(=O)(=O)c2cccc3ccccc23)Cc2ccccc21. The molecule has 130 valence electrons. The highest BCUT2D eigenvalue weighted by Gasteiger charge is 2.32. The second-order valence-electron chi connectivity index (χ2n) is 6.29. The lowest BCUT2D eigenvalue weighted by Gasteiger charge is -2.12. The van der Waals surface area contributed by atoms with E-state index in [1.165, 1.54) is 6.92 Å². The van der Waals surface area contributed by atoms with Crippen molar-refractivity contribution in [2.75, 3.05) is 0 Å². The van der Waals surface area contributed by atoms with Gasteiger partial charge in [0.25, 0.3) is 0 Å². The molecular formula is C21H17NO3S. The lowest BCUT2D eigenvalue weighted by molar-refractivity contribution is -0.117. The molecule has 0 atom stereocenters. The molecule has 5 heteroatoms. The lowest BCUT2D eigenvalue weighted by atomic mass is 10.1. The first-order valence-corrected chi connectivity index (χ1v) is 9.78. The Hall–Kier alpha value is -2.92. The molecule has 3 aromatic rings. The zero-order valence-electron chi connectivity index (χ0n) is 14.2. The van der Waals surface area contributed by atoms with Crippen molar-refractivity contribution in [1.82, 2.24) is 5.32 Å². The molecular weight excluding hydrogens is 346 g/mol. The van der Waals surface area contributed by atoms with E-state index in [1.54, 1.807) is 12.1 Å². The maximum Gasteiger partial charge on any atom is 0.221 e. The van der Waals surface area contributed by atoms with Crippen LogP contribution in [0.15, 0.2) is 76.5 Å². The summed E-state index contributed by atoms with van der Waals surface area (Å²) in [6.07, 6.45) is 0.275. The van der Waals surface area contributed by atoms with Gasteiger partial charge in [-0.15, -0.1) is 0 Å². The Morgan fingerprint density at radius 3 is 2.42 bits per heavy atom. The third-order valence-corrected chi connectivity index (χ3v) is 6.51. The molecule has 0 bridgehead atoms. The Morgan fingerprint density at radius 2 is 1.62 bits per heavy atom. The van der Waals surface area contributed by atoms with Gasteiger partial charge in [0.05, 0.1) is 15.5 Å². The van der Waals surface area contributed by atoms with E-state index >= 15 is 0 Å². The molecule has 0 saturated heterocycles. The highest BCUT2D eigenvalue weighted by molar-refractivity contribution is 7.95. The van der Waals surface area contributed by atoms with Crippen molar-refractivity contribution in [1.29, 1.82) is 0 Å². The van der Waals surface area contributed by atoms with Crippen molar-refractivity contribution in [2.45, 2.75) is 18.2 Å². The third kappa shape index (κ3) is 2.61. The van der Waals surface area contributed by atoms with Crippen LogP contribution in [-0.2, 0) is 21.1 Å². The fraction of sp³-hybridized carbons (Fsp3) is 0.0952.